The van der Waals surface area contributed by atoms with Gasteiger partial charge in [0.25, 0.3) is 0 Å². The lowest BCUT2D eigenvalue weighted by molar-refractivity contribution is -0.113. The summed E-state index contributed by atoms with van der Waals surface area (Å²) in [5.74, 6) is 0.902. The lowest BCUT2D eigenvalue weighted by atomic mass is 10.0. The van der Waals surface area contributed by atoms with Gasteiger partial charge in [-0.3, -0.25) is 4.79 Å². The molecule has 158 valence electrons. The van der Waals surface area contributed by atoms with Gasteiger partial charge in [-0.2, -0.15) is 0 Å². The first-order valence-electron chi connectivity index (χ1n) is 9.82. The minimum atomic E-state index is -0.137. The van der Waals surface area contributed by atoms with Crippen molar-refractivity contribution in [1.82, 2.24) is 14.8 Å². The van der Waals surface area contributed by atoms with Gasteiger partial charge < -0.3 is 9.88 Å². The molecule has 0 spiro atoms. The van der Waals surface area contributed by atoms with Crippen LogP contribution in [0.5, 0.6) is 0 Å². The van der Waals surface area contributed by atoms with Crippen molar-refractivity contribution in [3.63, 3.8) is 0 Å². The number of anilines is 1. The van der Waals surface area contributed by atoms with E-state index in [0.717, 1.165) is 22.1 Å². The Morgan fingerprint density at radius 2 is 1.87 bits per heavy atom. The van der Waals surface area contributed by atoms with Crippen LogP contribution in [-0.2, 0) is 11.3 Å². The topological polar surface area (TPSA) is 59.8 Å². The van der Waals surface area contributed by atoms with Crippen molar-refractivity contribution in [3.05, 3.63) is 69.9 Å². The van der Waals surface area contributed by atoms with Crippen LogP contribution in [0.25, 0.3) is 22.5 Å². The van der Waals surface area contributed by atoms with Crippen LogP contribution in [0.4, 0.5) is 5.69 Å². The number of hydrogen-bond donors (Lipinski definition) is 1. The summed E-state index contributed by atoms with van der Waals surface area (Å²) in [5.41, 5.74) is 4.01. The van der Waals surface area contributed by atoms with Gasteiger partial charge in [0.05, 0.1) is 16.5 Å². The SMILES string of the molecule is CCn1c(SCC(=O)Nc2ccccc2Cl)nnc1-c1csc(C)c1-c1ccccc1. The molecule has 0 saturated heterocycles. The average Bonchev–Trinajstić information content (AvgIpc) is 3.37. The highest BCUT2D eigenvalue weighted by Gasteiger charge is 2.20. The van der Waals surface area contributed by atoms with Crippen molar-refractivity contribution >= 4 is 46.3 Å². The van der Waals surface area contributed by atoms with Gasteiger partial charge in [-0.05, 0) is 31.5 Å². The number of thioether (sulfide) groups is 1. The van der Waals surface area contributed by atoms with Crippen LogP contribution in [0.3, 0.4) is 0 Å². The fourth-order valence-electron chi connectivity index (χ4n) is 3.34. The summed E-state index contributed by atoms with van der Waals surface area (Å²) in [5, 5.41) is 15.1. The van der Waals surface area contributed by atoms with Gasteiger partial charge in [-0.1, -0.05) is 65.8 Å². The molecule has 0 bridgehead atoms. The third-order valence-electron chi connectivity index (χ3n) is 4.79. The zero-order valence-corrected chi connectivity index (χ0v) is 19.5. The Bertz CT molecular complexity index is 1200. The van der Waals surface area contributed by atoms with Crippen LogP contribution in [0, 0.1) is 6.92 Å². The van der Waals surface area contributed by atoms with Crippen molar-refractivity contribution in [2.45, 2.75) is 25.5 Å². The summed E-state index contributed by atoms with van der Waals surface area (Å²) < 4.78 is 2.06. The van der Waals surface area contributed by atoms with Crippen LogP contribution >= 0.6 is 34.7 Å². The quantitative estimate of drug-likeness (QED) is 0.319. The molecule has 0 aliphatic rings. The number of amides is 1. The summed E-state index contributed by atoms with van der Waals surface area (Å²) in [7, 11) is 0. The second kappa shape index (κ2) is 9.68. The molecule has 0 radical (unpaired) electrons. The van der Waals surface area contributed by atoms with Crippen LogP contribution in [-0.4, -0.2) is 26.4 Å². The summed E-state index contributed by atoms with van der Waals surface area (Å²) in [6.45, 7) is 4.89. The average molecular weight is 469 g/mol. The number of rotatable bonds is 7. The van der Waals surface area contributed by atoms with Crippen molar-refractivity contribution in [3.8, 4) is 22.5 Å². The number of benzene rings is 2. The van der Waals surface area contributed by atoms with Gasteiger partial charge in [0.1, 0.15) is 0 Å². The third-order valence-corrected chi connectivity index (χ3v) is 7.00. The van der Waals surface area contributed by atoms with E-state index in [4.69, 9.17) is 11.6 Å². The molecular formula is C23H21ClN4OS2. The molecule has 1 amide bonds. The van der Waals surface area contributed by atoms with Gasteiger partial charge in [-0.25, -0.2) is 0 Å². The number of carbonyl (C=O) groups is 1. The highest BCUT2D eigenvalue weighted by Crippen LogP contribution is 2.39. The maximum absolute atomic E-state index is 12.4. The van der Waals surface area contributed by atoms with Gasteiger partial charge in [0.2, 0.25) is 5.91 Å². The Labute approximate surface area is 194 Å². The van der Waals surface area contributed by atoms with Gasteiger partial charge in [-0.15, -0.1) is 21.5 Å². The van der Waals surface area contributed by atoms with Crippen molar-refractivity contribution in [2.24, 2.45) is 0 Å². The number of nitrogens with one attached hydrogen (secondary N) is 1. The molecule has 0 saturated carbocycles. The summed E-state index contributed by atoms with van der Waals surface area (Å²) in [6, 6.07) is 17.5. The third kappa shape index (κ3) is 4.69. The predicted molar refractivity (Wildman–Crippen MR) is 130 cm³/mol. The molecule has 4 aromatic rings. The van der Waals surface area contributed by atoms with Gasteiger partial charge in [0.15, 0.2) is 11.0 Å². The van der Waals surface area contributed by atoms with E-state index in [0.29, 0.717) is 17.3 Å². The Morgan fingerprint density at radius 3 is 2.61 bits per heavy atom. The number of aryl methyl sites for hydroxylation is 1. The highest BCUT2D eigenvalue weighted by atomic mass is 35.5. The smallest absolute Gasteiger partial charge is 0.234 e. The van der Waals surface area contributed by atoms with E-state index in [2.05, 4.69) is 51.4 Å². The van der Waals surface area contributed by atoms with Crippen molar-refractivity contribution < 1.29 is 4.79 Å². The molecule has 1 N–H and O–H groups in total. The fourth-order valence-corrected chi connectivity index (χ4v) is 5.19. The van der Waals surface area contributed by atoms with Gasteiger partial charge >= 0.3 is 0 Å². The number of hydrogen-bond acceptors (Lipinski definition) is 5. The maximum Gasteiger partial charge on any atom is 0.234 e. The largest absolute Gasteiger partial charge is 0.324 e. The standard InChI is InChI=1S/C23H21ClN4OS2/c1-3-28-22(17-13-30-15(2)21(17)16-9-5-4-6-10-16)26-27-23(28)31-14-20(29)25-19-12-8-7-11-18(19)24/h4-13H,3,14H2,1-2H3,(H,25,29). The summed E-state index contributed by atoms with van der Waals surface area (Å²) in [4.78, 5) is 13.6. The van der Waals surface area contributed by atoms with Crippen LogP contribution < -0.4 is 5.32 Å². The van der Waals surface area contributed by atoms with Crippen LogP contribution in [0.1, 0.15) is 11.8 Å². The van der Waals surface area contributed by atoms with E-state index in [-0.39, 0.29) is 11.7 Å². The van der Waals surface area contributed by atoms with E-state index in [1.54, 1.807) is 23.5 Å². The molecule has 2 heterocycles. The lowest BCUT2D eigenvalue weighted by Gasteiger charge is -2.10. The number of carbonyl (C=O) groups excluding carboxylic acids is 1. The highest BCUT2D eigenvalue weighted by molar-refractivity contribution is 7.99. The van der Waals surface area contributed by atoms with Crippen LogP contribution in [0.15, 0.2) is 65.1 Å². The molecule has 2 aromatic carbocycles. The van der Waals surface area contributed by atoms with Crippen molar-refractivity contribution in [2.75, 3.05) is 11.1 Å². The Balaban J connectivity index is 1.55. The fraction of sp³-hybridized carbons (Fsp3) is 0.174. The first-order chi connectivity index (χ1) is 15.1. The minimum Gasteiger partial charge on any atom is -0.324 e. The molecule has 0 aliphatic heterocycles. The van der Waals surface area contributed by atoms with E-state index < -0.39 is 0 Å². The minimum absolute atomic E-state index is 0.137. The first kappa shape index (κ1) is 21.6. The maximum atomic E-state index is 12.4. The monoisotopic (exact) mass is 468 g/mol. The lowest BCUT2D eigenvalue weighted by Crippen LogP contribution is -2.15. The second-order valence-corrected chi connectivity index (χ2v) is 9.25. The molecule has 8 heteroatoms. The molecule has 5 nitrogen and oxygen atoms in total. The van der Waals surface area contributed by atoms with E-state index in [1.807, 2.05) is 30.3 Å². The number of para-hydroxylation sites is 1. The second-order valence-electron chi connectivity index (χ2n) is 6.81. The first-order valence-corrected chi connectivity index (χ1v) is 12.1. The molecule has 0 aliphatic carbocycles. The molecule has 2 aromatic heterocycles. The van der Waals surface area contributed by atoms with E-state index in [1.165, 1.54) is 22.2 Å². The molecule has 0 atom stereocenters. The van der Waals surface area contributed by atoms with E-state index in [9.17, 15) is 4.79 Å². The number of aromatic nitrogens is 3. The summed E-state index contributed by atoms with van der Waals surface area (Å²) >= 11 is 9.20. The summed E-state index contributed by atoms with van der Waals surface area (Å²) in [6.07, 6.45) is 0. The van der Waals surface area contributed by atoms with Crippen LogP contribution in [0.2, 0.25) is 5.02 Å². The number of thiophene rings is 1. The molecule has 4 rings (SSSR count). The Kier molecular flexibility index (Phi) is 6.75. The zero-order valence-electron chi connectivity index (χ0n) is 17.1. The normalized spacial score (nSPS) is 10.9. The molecule has 0 fully saturated rings. The Morgan fingerprint density at radius 1 is 1.13 bits per heavy atom. The number of halogens is 1. The molecule has 0 unspecified atom stereocenters. The Hall–Kier alpha value is -2.61. The predicted octanol–water partition coefficient (Wildman–Crippen LogP) is 6.39. The zero-order chi connectivity index (χ0) is 21.8. The van der Waals surface area contributed by atoms with Gasteiger partial charge in [0, 0.05) is 27.9 Å². The molecule has 31 heavy (non-hydrogen) atoms. The molecular weight excluding hydrogens is 448 g/mol. The van der Waals surface area contributed by atoms with E-state index >= 15 is 0 Å². The number of nitrogens with zero attached hydrogens (tertiary/aromatic N) is 3. The van der Waals surface area contributed by atoms with Crippen molar-refractivity contribution in [1.29, 1.82) is 0 Å².